The number of amides is 2. The standard InChI is InChI=1S/C21H42N2O2/c1-3-5-7-14-18-22-21(25)23-19-15-12-10-8-9-11-13-17-20(24)16-6-4-2/h3-19H2,1-2H3,(H2,22,23,25). The average molecular weight is 355 g/mol. The van der Waals surface area contributed by atoms with Gasteiger partial charge in [0.1, 0.15) is 5.78 Å². The molecular formula is C21H42N2O2. The van der Waals surface area contributed by atoms with E-state index in [1.54, 1.807) is 0 Å². The summed E-state index contributed by atoms with van der Waals surface area (Å²) >= 11 is 0. The van der Waals surface area contributed by atoms with Crippen LogP contribution in [0.5, 0.6) is 0 Å². The molecule has 0 aliphatic heterocycles. The van der Waals surface area contributed by atoms with Crippen LogP contribution in [-0.2, 0) is 4.79 Å². The van der Waals surface area contributed by atoms with Gasteiger partial charge < -0.3 is 10.6 Å². The summed E-state index contributed by atoms with van der Waals surface area (Å²) in [6, 6.07) is -0.0239. The number of hydrogen-bond donors (Lipinski definition) is 2. The molecule has 0 aliphatic carbocycles. The maximum atomic E-state index is 11.6. The fourth-order valence-electron chi connectivity index (χ4n) is 2.85. The normalized spacial score (nSPS) is 10.6. The quantitative estimate of drug-likeness (QED) is 0.308. The van der Waals surface area contributed by atoms with Gasteiger partial charge in [0.2, 0.25) is 0 Å². The number of hydrogen-bond acceptors (Lipinski definition) is 2. The first-order valence-corrected chi connectivity index (χ1v) is 10.7. The number of carbonyl (C=O) groups excluding carboxylic acids is 2. The summed E-state index contributed by atoms with van der Waals surface area (Å²) in [7, 11) is 0. The van der Waals surface area contributed by atoms with Crippen LogP contribution in [0.3, 0.4) is 0 Å². The third-order valence-corrected chi connectivity index (χ3v) is 4.54. The molecule has 0 aliphatic rings. The molecule has 4 heteroatoms. The van der Waals surface area contributed by atoms with Crippen molar-refractivity contribution < 1.29 is 9.59 Å². The molecule has 0 radical (unpaired) electrons. The summed E-state index contributed by atoms with van der Waals surface area (Å²) in [5.74, 6) is 0.441. The molecule has 0 aromatic rings. The molecule has 2 N–H and O–H groups in total. The molecule has 0 fully saturated rings. The summed E-state index contributed by atoms with van der Waals surface area (Å²) in [5.41, 5.74) is 0. The van der Waals surface area contributed by atoms with Crippen molar-refractivity contribution in [2.24, 2.45) is 0 Å². The van der Waals surface area contributed by atoms with Gasteiger partial charge >= 0.3 is 6.03 Å². The van der Waals surface area contributed by atoms with Gasteiger partial charge in [0, 0.05) is 25.9 Å². The molecule has 0 aromatic heterocycles. The molecular weight excluding hydrogens is 312 g/mol. The summed E-state index contributed by atoms with van der Waals surface area (Å²) in [4.78, 5) is 23.1. The van der Waals surface area contributed by atoms with Crippen molar-refractivity contribution in [2.45, 2.75) is 110 Å². The second-order valence-electron chi connectivity index (χ2n) is 7.11. The van der Waals surface area contributed by atoms with Crippen LogP contribution >= 0.6 is 0 Å². The van der Waals surface area contributed by atoms with Crippen LogP contribution in [0.25, 0.3) is 0 Å². The molecule has 0 atom stereocenters. The van der Waals surface area contributed by atoms with E-state index in [9.17, 15) is 9.59 Å². The first-order chi connectivity index (χ1) is 12.2. The van der Waals surface area contributed by atoms with Gasteiger partial charge in [-0.2, -0.15) is 0 Å². The van der Waals surface area contributed by atoms with Crippen molar-refractivity contribution in [1.29, 1.82) is 0 Å². The summed E-state index contributed by atoms with van der Waals surface area (Å²) in [6.45, 7) is 5.87. The monoisotopic (exact) mass is 354 g/mol. The SMILES string of the molecule is CCCCCCNC(=O)NCCCCCCCCCC(=O)CCCC. The molecule has 0 spiro atoms. The Labute approximate surface area is 155 Å². The smallest absolute Gasteiger partial charge is 0.314 e. The van der Waals surface area contributed by atoms with Crippen LogP contribution in [-0.4, -0.2) is 24.9 Å². The van der Waals surface area contributed by atoms with Crippen molar-refractivity contribution in [3.8, 4) is 0 Å². The first kappa shape index (κ1) is 23.9. The lowest BCUT2D eigenvalue weighted by Gasteiger charge is -2.07. The third kappa shape index (κ3) is 19.1. The minimum atomic E-state index is -0.0239. The summed E-state index contributed by atoms with van der Waals surface area (Å²) in [6.07, 6.45) is 16.6. The van der Waals surface area contributed by atoms with Gasteiger partial charge in [-0.3, -0.25) is 4.79 Å². The van der Waals surface area contributed by atoms with Gasteiger partial charge in [0.15, 0.2) is 0 Å². The van der Waals surface area contributed by atoms with E-state index >= 15 is 0 Å². The van der Waals surface area contributed by atoms with Crippen molar-refractivity contribution in [3.05, 3.63) is 0 Å². The Morgan fingerprint density at radius 1 is 0.560 bits per heavy atom. The molecule has 25 heavy (non-hydrogen) atoms. The van der Waals surface area contributed by atoms with Gasteiger partial charge in [-0.05, 0) is 25.7 Å². The molecule has 0 saturated carbocycles. The fraction of sp³-hybridized carbons (Fsp3) is 0.905. The molecule has 0 bridgehead atoms. The Kier molecular flexibility index (Phi) is 18.5. The number of unbranched alkanes of at least 4 members (excludes halogenated alkanes) is 10. The number of nitrogens with one attached hydrogen (secondary N) is 2. The number of carbonyl (C=O) groups is 2. The van der Waals surface area contributed by atoms with E-state index < -0.39 is 0 Å². The summed E-state index contributed by atoms with van der Waals surface area (Å²) < 4.78 is 0. The minimum Gasteiger partial charge on any atom is -0.338 e. The zero-order chi connectivity index (χ0) is 18.6. The van der Waals surface area contributed by atoms with Gasteiger partial charge in [-0.25, -0.2) is 4.79 Å². The number of Topliss-reactive ketones (excluding diaryl/α,β-unsaturated/α-hetero) is 1. The van der Waals surface area contributed by atoms with Crippen molar-refractivity contribution in [3.63, 3.8) is 0 Å². The molecule has 0 unspecified atom stereocenters. The van der Waals surface area contributed by atoms with Crippen LogP contribution in [0.2, 0.25) is 0 Å². The molecule has 4 nitrogen and oxygen atoms in total. The highest BCUT2D eigenvalue weighted by Crippen LogP contribution is 2.10. The molecule has 0 aromatic carbocycles. The minimum absolute atomic E-state index is 0.0239. The van der Waals surface area contributed by atoms with Gasteiger partial charge in [-0.15, -0.1) is 0 Å². The Bertz CT molecular complexity index is 319. The molecule has 2 amide bonds. The van der Waals surface area contributed by atoms with Crippen LogP contribution < -0.4 is 10.6 Å². The highest BCUT2D eigenvalue weighted by Gasteiger charge is 2.01. The zero-order valence-corrected chi connectivity index (χ0v) is 16.8. The maximum absolute atomic E-state index is 11.6. The second-order valence-corrected chi connectivity index (χ2v) is 7.11. The Morgan fingerprint density at radius 2 is 1.00 bits per heavy atom. The topological polar surface area (TPSA) is 58.2 Å². The van der Waals surface area contributed by atoms with E-state index in [0.717, 1.165) is 58.0 Å². The van der Waals surface area contributed by atoms with Crippen molar-refractivity contribution in [2.75, 3.05) is 13.1 Å². The predicted octanol–water partition coefficient (Wildman–Crippen LogP) is 5.75. The second kappa shape index (κ2) is 19.3. The lowest BCUT2D eigenvalue weighted by Crippen LogP contribution is -2.36. The lowest BCUT2D eigenvalue weighted by atomic mass is 10.0. The molecule has 0 heterocycles. The van der Waals surface area contributed by atoms with Crippen LogP contribution in [0.4, 0.5) is 4.79 Å². The zero-order valence-electron chi connectivity index (χ0n) is 16.8. The maximum Gasteiger partial charge on any atom is 0.314 e. The Morgan fingerprint density at radius 3 is 1.56 bits per heavy atom. The summed E-state index contributed by atoms with van der Waals surface area (Å²) in [5, 5.41) is 5.84. The van der Waals surface area contributed by atoms with Crippen LogP contribution in [0.1, 0.15) is 110 Å². The fourth-order valence-corrected chi connectivity index (χ4v) is 2.85. The third-order valence-electron chi connectivity index (χ3n) is 4.54. The van der Waals surface area contributed by atoms with Crippen molar-refractivity contribution >= 4 is 11.8 Å². The highest BCUT2D eigenvalue weighted by molar-refractivity contribution is 5.78. The number of rotatable bonds is 18. The van der Waals surface area contributed by atoms with Crippen LogP contribution in [0, 0.1) is 0 Å². The van der Waals surface area contributed by atoms with Gasteiger partial charge in [0.05, 0.1) is 0 Å². The average Bonchev–Trinajstić information content (AvgIpc) is 2.61. The highest BCUT2D eigenvalue weighted by atomic mass is 16.2. The van der Waals surface area contributed by atoms with Crippen molar-refractivity contribution in [1.82, 2.24) is 10.6 Å². The number of ketones is 1. The van der Waals surface area contributed by atoms with Gasteiger partial charge in [-0.1, -0.05) is 71.6 Å². The predicted molar refractivity (Wildman–Crippen MR) is 107 cm³/mol. The Balaban J connectivity index is 3.20. The van der Waals surface area contributed by atoms with E-state index in [0.29, 0.717) is 5.78 Å². The first-order valence-electron chi connectivity index (χ1n) is 10.7. The lowest BCUT2D eigenvalue weighted by molar-refractivity contribution is -0.119. The van der Waals surface area contributed by atoms with Crippen LogP contribution in [0.15, 0.2) is 0 Å². The molecule has 0 saturated heterocycles. The number of urea groups is 1. The van der Waals surface area contributed by atoms with E-state index in [2.05, 4.69) is 24.5 Å². The van der Waals surface area contributed by atoms with Gasteiger partial charge in [0.25, 0.3) is 0 Å². The largest absolute Gasteiger partial charge is 0.338 e. The van der Waals surface area contributed by atoms with E-state index in [1.807, 2.05) is 0 Å². The van der Waals surface area contributed by atoms with E-state index in [4.69, 9.17) is 0 Å². The molecule has 148 valence electrons. The van der Waals surface area contributed by atoms with E-state index in [1.165, 1.54) is 51.4 Å². The van der Waals surface area contributed by atoms with E-state index in [-0.39, 0.29) is 6.03 Å². The Hall–Kier alpha value is -1.06. The molecule has 0 rings (SSSR count).